The first-order chi connectivity index (χ1) is 7.65. The van der Waals surface area contributed by atoms with Crippen LogP contribution in [0, 0.1) is 11.8 Å². The van der Waals surface area contributed by atoms with E-state index in [0.717, 1.165) is 5.76 Å². The van der Waals surface area contributed by atoms with Gasteiger partial charge in [-0.25, -0.2) is 0 Å². The Bertz CT molecular complexity index is 306. The van der Waals surface area contributed by atoms with Gasteiger partial charge in [0.25, 0.3) is 0 Å². The number of nitrogens with one attached hydrogen (secondary N) is 1. The summed E-state index contributed by atoms with van der Waals surface area (Å²) in [4.78, 5) is 11.5. The Morgan fingerprint density at radius 2 is 2.31 bits per heavy atom. The zero-order chi connectivity index (χ0) is 12.0. The third-order valence-corrected chi connectivity index (χ3v) is 2.55. The molecular formula is C12H19NO3. The second-order valence-corrected chi connectivity index (χ2v) is 4.08. The van der Waals surface area contributed by atoms with Crippen LogP contribution >= 0.6 is 0 Å². The lowest BCUT2D eigenvalue weighted by Gasteiger charge is -2.18. The van der Waals surface area contributed by atoms with Crippen LogP contribution in [-0.2, 0) is 16.1 Å². The maximum Gasteiger partial charge on any atom is 0.310 e. The molecule has 0 amide bonds. The van der Waals surface area contributed by atoms with Crippen LogP contribution in [0.2, 0.25) is 0 Å². The fourth-order valence-corrected chi connectivity index (χ4v) is 1.51. The minimum absolute atomic E-state index is 0.111. The quantitative estimate of drug-likeness (QED) is 0.750. The lowest BCUT2D eigenvalue weighted by Crippen LogP contribution is -2.32. The predicted octanol–water partition coefficient (Wildman–Crippen LogP) is 1.81. The van der Waals surface area contributed by atoms with Gasteiger partial charge in [0.2, 0.25) is 0 Å². The van der Waals surface area contributed by atoms with Gasteiger partial charge in [-0.3, -0.25) is 4.79 Å². The Morgan fingerprint density at radius 1 is 1.56 bits per heavy atom. The Kier molecular flexibility index (Phi) is 5.05. The molecule has 4 heteroatoms. The second-order valence-electron chi connectivity index (χ2n) is 4.08. The Labute approximate surface area is 96.0 Å². The number of hydrogen-bond donors (Lipinski definition) is 1. The number of hydrogen-bond acceptors (Lipinski definition) is 4. The molecule has 0 fully saturated rings. The van der Waals surface area contributed by atoms with Crippen molar-refractivity contribution in [2.24, 2.45) is 11.8 Å². The first-order valence-corrected chi connectivity index (χ1v) is 5.46. The van der Waals surface area contributed by atoms with Gasteiger partial charge in [-0.2, -0.15) is 0 Å². The first kappa shape index (κ1) is 12.8. The summed E-state index contributed by atoms with van der Waals surface area (Å²) in [6.45, 7) is 5.25. The van der Waals surface area contributed by atoms with Gasteiger partial charge in [0, 0.05) is 6.54 Å². The zero-order valence-electron chi connectivity index (χ0n) is 10.0. The van der Waals surface area contributed by atoms with Gasteiger partial charge < -0.3 is 14.5 Å². The van der Waals surface area contributed by atoms with Crippen molar-refractivity contribution in [2.75, 3.05) is 13.7 Å². The van der Waals surface area contributed by atoms with E-state index >= 15 is 0 Å². The highest BCUT2D eigenvalue weighted by Crippen LogP contribution is 2.11. The molecule has 0 spiro atoms. The van der Waals surface area contributed by atoms with Crippen molar-refractivity contribution >= 4 is 5.97 Å². The molecule has 4 nitrogen and oxygen atoms in total. The highest BCUT2D eigenvalue weighted by atomic mass is 16.5. The van der Waals surface area contributed by atoms with Gasteiger partial charge in [-0.05, 0) is 18.1 Å². The smallest absolute Gasteiger partial charge is 0.310 e. The number of rotatable bonds is 6. The van der Waals surface area contributed by atoms with Crippen molar-refractivity contribution in [3.8, 4) is 0 Å². The van der Waals surface area contributed by atoms with Crippen molar-refractivity contribution in [3.05, 3.63) is 24.2 Å². The van der Waals surface area contributed by atoms with Crippen LogP contribution in [0.4, 0.5) is 0 Å². The first-order valence-electron chi connectivity index (χ1n) is 5.46. The lowest BCUT2D eigenvalue weighted by molar-refractivity contribution is -0.146. The van der Waals surface area contributed by atoms with E-state index in [2.05, 4.69) is 5.32 Å². The molecule has 0 saturated heterocycles. The predicted molar refractivity (Wildman–Crippen MR) is 60.8 cm³/mol. The van der Waals surface area contributed by atoms with E-state index in [1.807, 2.05) is 26.0 Å². The van der Waals surface area contributed by atoms with Crippen LogP contribution in [0.15, 0.2) is 22.8 Å². The summed E-state index contributed by atoms with van der Waals surface area (Å²) in [7, 11) is 1.42. The summed E-state index contributed by atoms with van der Waals surface area (Å²) in [6, 6.07) is 3.74. The van der Waals surface area contributed by atoms with Gasteiger partial charge in [0.05, 0.1) is 25.8 Å². The highest BCUT2D eigenvalue weighted by Gasteiger charge is 2.22. The number of carbonyl (C=O) groups excluding carboxylic acids is 1. The summed E-state index contributed by atoms with van der Waals surface area (Å²) >= 11 is 0. The van der Waals surface area contributed by atoms with Crippen LogP contribution in [0.3, 0.4) is 0 Å². The zero-order valence-corrected chi connectivity index (χ0v) is 10.0. The molecule has 0 bridgehead atoms. The van der Waals surface area contributed by atoms with Crippen LogP contribution < -0.4 is 5.32 Å². The summed E-state index contributed by atoms with van der Waals surface area (Å²) in [5.41, 5.74) is 0. The molecule has 1 rings (SSSR count). The van der Waals surface area contributed by atoms with Crippen LogP contribution in [-0.4, -0.2) is 19.6 Å². The normalized spacial score (nSPS) is 12.8. The van der Waals surface area contributed by atoms with E-state index in [9.17, 15) is 4.79 Å². The molecule has 0 aliphatic carbocycles. The van der Waals surface area contributed by atoms with Gasteiger partial charge in [0.15, 0.2) is 0 Å². The summed E-state index contributed by atoms with van der Waals surface area (Å²) in [5, 5.41) is 3.19. The fourth-order valence-electron chi connectivity index (χ4n) is 1.51. The molecule has 1 atom stereocenters. The van der Waals surface area contributed by atoms with Crippen molar-refractivity contribution in [1.82, 2.24) is 5.32 Å². The molecule has 1 aromatic heterocycles. The molecule has 1 aromatic rings. The number of furan rings is 1. The third-order valence-electron chi connectivity index (χ3n) is 2.55. The molecule has 0 aliphatic rings. The third kappa shape index (κ3) is 3.70. The van der Waals surface area contributed by atoms with E-state index in [-0.39, 0.29) is 17.8 Å². The highest BCUT2D eigenvalue weighted by molar-refractivity contribution is 5.72. The van der Waals surface area contributed by atoms with Crippen molar-refractivity contribution in [2.45, 2.75) is 20.4 Å². The molecule has 0 saturated carbocycles. The van der Waals surface area contributed by atoms with E-state index < -0.39 is 0 Å². The monoisotopic (exact) mass is 225 g/mol. The Morgan fingerprint density at radius 3 is 2.81 bits per heavy atom. The number of ether oxygens (including phenoxy) is 1. The topological polar surface area (TPSA) is 51.5 Å². The van der Waals surface area contributed by atoms with Gasteiger partial charge in [-0.1, -0.05) is 13.8 Å². The lowest BCUT2D eigenvalue weighted by atomic mass is 9.96. The van der Waals surface area contributed by atoms with Crippen molar-refractivity contribution in [3.63, 3.8) is 0 Å². The van der Waals surface area contributed by atoms with Crippen LogP contribution in [0.1, 0.15) is 19.6 Å². The van der Waals surface area contributed by atoms with E-state index in [0.29, 0.717) is 13.1 Å². The van der Waals surface area contributed by atoms with Crippen molar-refractivity contribution < 1.29 is 13.9 Å². The SMILES string of the molecule is COC(=O)C(CNCc1ccco1)C(C)C. The summed E-state index contributed by atoms with van der Waals surface area (Å²) in [5.74, 6) is 0.853. The molecule has 0 aliphatic heterocycles. The Balaban J connectivity index is 2.36. The average Bonchev–Trinajstić information content (AvgIpc) is 2.75. The molecule has 1 unspecified atom stereocenters. The molecule has 1 N–H and O–H groups in total. The maximum absolute atomic E-state index is 11.5. The van der Waals surface area contributed by atoms with Gasteiger partial charge in [-0.15, -0.1) is 0 Å². The molecule has 0 radical (unpaired) electrons. The van der Waals surface area contributed by atoms with E-state index in [1.165, 1.54) is 7.11 Å². The standard InChI is InChI=1S/C12H19NO3/c1-9(2)11(12(14)15-3)8-13-7-10-5-4-6-16-10/h4-6,9,11,13H,7-8H2,1-3H3. The minimum Gasteiger partial charge on any atom is -0.469 e. The fraction of sp³-hybridized carbons (Fsp3) is 0.583. The number of esters is 1. The molecule has 1 heterocycles. The number of methoxy groups -OCH3 is 1. The Hall–Kier alpha value is -1.29. The van der Waals surface area contributed by atoms with Crippen molar-refractivity contribution in [1.29, 1.82) is 0 Å². The molecule has 0 aromatic carbocycles. The van der Waals surface area contributed by atoms with E-state index in [4.69, 9.17) is 9.15 Å². The minimum atomic E-state index is -0.165. The number of carbonyl (C=O) groups is 1. The average molecular weight is 225 g/mol. The summed E-state index contributed by atoms with van der Waals surface area (Å²) < 4.78 is 9.94. The summed E-state index contributed by atoms with van der Waals surface area (Å²) in [6.07, 6.45) is 1.64. The van der Waals surface area contributed by atoms with Gasteiger partial charge >= 0.3 is 5.97 Å². The maximum atomic E-state index is 11.5. The molecule has 16 heavy (non-hydrogen) atoms. The van der Waals surface area contributed by atoms with Crippen LogP contribution in [0.5, 0.6) is 0 Å². The largest absolute Gasteiger partial charge is 0.469 e. The molecule has 90 valence electrons. The molecular weight excluding hydrogens is 206 g/mol. The van der Waals surface area contributed by atoms with E-state index in [1.54, 1.807) is 6.26 Å². The second kappa shape index (κ2) is 6.33. The van der Waals surface area contributed by atoms with Gasteiger partial charge in [0.1, 0.15) is 5.76 Å². The van der Waals surface area contributed by atoms with Crippen LogP contribution in [0.25, 0.3) is 0 Å².